The number of aryl methyl sites for hydroxylation is 1. The minimum atomic E-state index is -1.07. The van der Waals surface area contributed by atoms with Crippen LogP contribution in [0.2, 0.25) is 0 Å². The monoisotopic (exact) mass is 472 g/mol. The molecule has 188 valence electrons. The molecule has 3 rings (SSSR count). The van der Waals surface area contributed by atoms with Crippen LogP contribution in [0.1, 0.15) is 62.4 Å². The quantitative estimate of drug-likeness (QED) is 0.662. The zero-order valence-corrected chi connectivity index (χ0v) is 21.0. The fourth-order valence-electron chi connectivity index (χ4n) is 5.19. The highest BCUT2D eigenvalue weighted by Crippen LogP contribution is 2.36. The minimum Gasteiger partial charge on any atom is -0.446 e. The number of nitrogens with two attached hydrogens (primary N) is 1. The van der Waals surface area contributed by atoms with Gasteiger partial charge < -0.3 is 20.7 Å². The van der Waals surface area contributed by atoms with Crippen LogP contribution in [0.25, 0.3) is 0 Å². The molecule has 0 aromatic heterocycles. The van der Waals surface area contributed by atoms with Crippen molar-refractivity contribution in [3.05, 3.63) is 35.4 Å². The Morgan fingerprint density at radius 1 is 1.18 bits per heavy atom. The lowest BCUT2D eigenvalue weighted by molar-refractivity contribution is -0.134. The first-order valence-corrected chi connectivity index (χ1v) is 12.6. The Balaban J connectivity index is 1.85. The summed E-state index contributed by atoms with van der Waals surface area (Å²) in [5, 5.41) is 2.77. The van der Waals surface area contributed by atoms with E-state index in [1.54, 1.807) is 12.1 Å². The molecule has 8 nitrogen and oxygen atoms in total. The Morgan fingerprint density at radius 2 is 1.91 bits per heavy atom. The molecule has 34 heavy (non-hydrogen) atoms. The van der Waals surface area contributed by atoms with Gasteiger partial charge in [0.25, 0.3) is 11.8 Å². The van der Waals surface area contributed by atoms with Gasteiger partial charge >= 0.3 is 6.09 Å². The van der Waals surface area contributed by atoms with Crippen LogP contribution in [0, 0.1) is 24.7 Å². The SMILES string of the molecule is Cc1cccc(C(=O)N2CCCN(C(=O)OC3CC(C)CCC3C(C)C)C2C(=O)NCCN)c1. The highest BCUT2D eigenvalue weighted by atomic mass is 16.6. The van der Waals surface area contributed by atoms with Crippen LogP contribution in [0.5, 0.6) is 0 Å². The Morgan fingerprint density at radius 3 is 2.59 bits per heavy atom. The van der Waals surface area contributed by atoms with Gasteiger partial charge in [-0.05, 0) is 56.1 Å². The van der Waals surface area contributed by atoms with Gasteiger partial charge in [-0.3, -0.25) is 14.5 Å². The highest BCUT2D eigenvalue weighted by Gasteiger charge is 2.43. The normalized spacial score (nSPS) is 25.2. The minimum absolute atomic E-state index is 0.188. The summed E-state index contributed by atoms with van der Waals surface area (Å²) in [6.07, 6.45) is 1.75. The number of nitrogens with one attached hydrogen (secondary N) is 1. The van der Waals surface area contributed by atoms with E-state index in [9.17, 15) is 14.4 Å². The highest BCUT2D eigenvalue weighted by molar-refractivity contribution is 5.98. The number of amides is 3. The first-order chi connectivity index (χ1) is 16.2. The van der Waals surface area contributed by atoms with Crippen LogP contribution >= 0.6 is 0 Å². The molecule has 1 aromatic carbocycles. The average molecular weight is 473 g/mol. The van der Waals surface area contributed by atoms with Gasteiger partial charge in [0.05, 0.1) is 0 Å². The van der Waals surface area contributed by atoms with Crippen molar-refractivity contribution in [2.75, 3.05) is 26.2 Å². The molecule has 2 aliphatic rings. The third kappa shape index (κ3) is 6.09. The summed E-state index contributed by atoms with van der Waals surface area (Å²) in [6, 6.07) is 7.26. The van der Waals surface area contributed by atoms with Gasteiger partial charge in [-0.2, -0.15) is 0 Å². The maximum absolute atomic E-state index is 13.4. The lowest BCUT2D eigenvalue weighted by atomic mass is 9.75. The summed E-state index contributed by atoms with van der Waals surface area (Å²) in [7, 11) is 0. The molecule has 8 heteroatoms. The topological polar surface area (TPSA) is 105 Å². The van der Waals surface area contributed by atoms with Crippen molar-refractivity contribution >= 4 is 17.9 Å². The molecular formula is C26H40N4O4. The number of hydrogen-bond donors (Lipinski definition) is 2. The van der Waals surface area contributed by atoms with Crippen molar-refractivity contribution in [1.82, 2.24) is 15.1 Å². The molecule has 0 bridgehead atoms. The fourth-order valence-corrected chi connectivity index (χ4v) is 5.19. The van der Waals surface area contributed by atoms with E-state index < -0.39 is 18.2 Å². The zero-order valence-electron chi connectivity index (χ0n) is 21.0. The summed E-state index contributed by atoms with van der Waals surface area (Å²) in [5.41, 5.74) is 7.03. The molecule has 1 heterocycles. The molecule has 3 amide bonds. The molecular weight excluding hydrogens is 432 g/mol. The predicted molar refractivity (Wildman–Crippen MR) is 131 cm³/mol. The summed E-state index contributed by atoms with van der Waals surface area (Å²) < 4.78 is 6.06. The standard InChI is InChI=1S/C26H40N4O4/c1-17(2)21-10-9-19(4)16-22(21)34-26(33)30-14-6-13-29(24(30)23(31)28-12-11-27)25(32)20-8-5-7-18(3)15-20/h5,7-8,15,17,19,21-22,24H,6,9-14,16,27H2,1-4H3,(H,28,31). The number of carbonyl (C=O) groups excluding carboxylic acids is 3. The van der Waals surface area contributed by atoms with E-state index in [-0.39, 0.29) is 25.1 Å². The predicted octanol–water partition coefficient (Wildman–Crippen LogP) is 3.14. The Bertz CT molecular complexity index is 874. The number of rotatable bonds is 6. The van der Waals surface area contributed by atoms with Crippen LogP contribution in [-0.4, -0.2) is 66.2 Å². The molecule has 2 fully saturated rings. The van der Waals surface area contributed by atoms with Crippen molar-refractivity contribution < 1.29 is 19.1 Å². The van der Waals surface area contributed by atoms with E-state index in [4.69, 9.17) is 10.5 Å². The van der Waals surface area contributed by atoms with Gasteiger partial charge in [0.2, 0.25) is 0 Å². The maximum Gasteiger partial charge on any atom is 0.412 e. The van der Waals surface area contributed by atoms with Crippen LogP contribution in [0.3, 0.4) is 0 Å². The van der Waals surface area contributed by atoms with Crippen LogP contribution in [-0.2, 0) is 9.53 Å². The zero-order chi connectivity index (χ0) is 24.8. The maximum atomic E-state index is 13.4. The lowest BCUT2D eigenvalue weighted by Crippen LogP contribution is -2.64. The van der Waals surface area contributed by atoms with Gasteiger partial charge in [-0.1, -0.05) is 44.9 Å². The van der Waals surface area contributed by atoms with Gasteiger partial charge in [0.1, 0.15) is 6.10 Å². The van der Waals surface area contributed by atoms with E-state index in [0.717, 1.165) is 24.8 Å². The summed E-state index contributed by atoms with van der Waals surface area (Å²) >= 11 is 0. The van der Waals surface area contributed by atoms with E-state index in [1.165, 1.54) is 9.80 Å². The number of benzene rings is 1. The first kappa shape index (κ1) is 26.0. The smallest absolute Gasteiger partial charge is 0.412 e. The lowest BCUT2D eigenvalue weighted by Gasteiger charge is -2.43. The van der Waals surface area contributed by atoms with Gasteiger partial charge in [-0.25, -0.2) is 4.79 Å². The largest absolute Gasteiger partial charge is 0.446 e. The second-order valence-electron chi connectivity index (χ2n) is 10.1. The Kier molecular flexibility index (Phi) is 8.94. The van der Waals surface area contributed by atoms with Gasteiger partial charge in [-0.15, -0.1) is 0 Å². The molecule has 1 aliphatic heterocycles. The van der Waals surface area contributed by atoms with Gasteiger partial charge in [0.15, 0.2) is 6.17 Å². The second kappa shape index (κ2) is 11.7. The van der Waals surface area contributed by atoms with Crippen LogP contribution in [0.4, 0.5) is 4.79 Å². The van der Waals surface area contributed by atoms with E-state index in [2.05, 4.69) is 26.1 Å². The second-order valence-corrected chi connectivity index (χ2v) is 10.1. The average Bonchev–Trinajstić information content (AvgIpc) is 2.81. The number of nitrogens with zero attached hydrogens (tertiary/aromatic N) is 2. The van der Waals surface area contributed by atoms with Gasteiger partial charge in [0, 0.05) is 31.7 Å². The van der Waals surface area contributed by atoms with Crippen molar-refractivity contribution in [3.8, 4) is 0 Å². The molecule has 0 radical (unpaired) electrons. The van der Waals surface area contributed by atoms with Crippen molar-refractivity contribution in [3.63, 3.8) is 0 Å². The van der Waals surface area contributed by atoms with Crippen molar-refractivity contribution in [1.29, 1.82) is 0 Å². The third-order valence-electron chi connectivity index (χ3n) is 7.04. The molecule has 1 aliphatic carbocycles. The van der Waals surface area contributed by atoms with Crippen LogP contribution in [0.15, 0.2) is 24.3 Å². The molecule has 1 saturated heterocycles. The molecule has 3 N–H and O–H groups in total. The molecule has 1 saturated carbocycles. The van der Waals surface area contributed by atoms with E-state index in [0.29, 0.717) is 42.8 Å². The Hall–Kier alpha value is -2.61. The number of ether oxygens (including phenoxy) is 1. The molecule has 1 aromatic rings. The van der Waals surface area contributed by atoms with Crippen LogP contribution < -0.4 is 11.1 Å². The summed E-state index contributed by atoms with van der Waals surface area (Å²) in [4.78, 5) is 43.0. The number of hydrogen-bond acceptors (Lipinski definition) is 5. The van der Waals surface area contributed by atoms with Crippen molar-refractivity contribution in [2.45, 2.75) is 65.6 Å². The molecule has 0 spiro atoms. The third-order valence-corrected chi connectivity index (χ3v) is 7.04. The summed E-state index contributed by atoms with van der Waals surface area (Å²) in [6.45, 7) is 9.69. The van der Waals surface area contributed by atoms with E-state index in [1.807, 2.05) is 19.1 Å². The van der Waals surface area contributed by atoms with E-state index >= 15 is 0 Å². The number of carbonyl (C=O) groups is 3. The fraction of sp³-hybridized carbons (Fsp3) is 0.654. The van der Waals surface area contributed by atoms with Crippen molar-refractivity contribution in [2.24, 2.45) is 23.5 Å². The molecule has 4 unspecified atom stereocenters. The Labute approximate surface area is 203 Å². The molecule has 4 atom stereocenters. The summed E-state index contributed by atoms with van der Waals surface area (Å²) in [5.74, 6) is 0.479. The first-order valence-electron chi connectivity index (χ1n) is 12.6.